The van der Waals surface area contributed by atoms with Gasteiger partial charge in [-0.15, -0.1) is 0 Å². The second kappa shape index (κ2) is 17.7. The molecule has 0 bridgehead atoms. The van der Waals surface area contributed by atoms with E-state index < -0.39 is 5.41 Å². The molecule has 1 heterocycles. The van der Waals surface area contributed by atoms with E-state index in [1.165, 1.54) is 71.4 Å². The Morgan fingerprint density at radius 1 is 0.364 bits per heavy atom. The highest BCUT2D eigenvalue weighted by molar-refractivity contribution is 6.12. The Morgan fingerprint density at radius 3 is 1.62 bits per heavy atom. The first-order valence-corrected chi connectivity index (χ1v) is 26.3. The van der Waals surface area contributed by atoms with E-state index in [0.29, 0.717) is 12.2 Å². The summed E-state index contributed by atoms with van der Waals surface area (Å²) in [6.45, 7) is 0.516. The van der Waals surface area contributed by atoms with E-state index in [1.807, 2.05) is 18.2 Å². The van der Waals surface area contributed by atoms with Gasteiger partial charge in [0.2, 0.25) is 0 Å². The lowest BCUT2D eigenvalue weighted by Crippen LogP contribution is -2.29. The number of anilines is 6. The molecule has 360 valence electrons. The van der Waals surface area contributed by atoms with Gasteiger partial charge in [0.15, 0.2) is 0 Å². The van der Waals surface area contributed by atoms with Crippen LogP contribution in [-0.4, -0.2) is 0 Å². The van der Waals surface area contributed by atoms with Crippen LogP contribution in [0.5, 0.6) is 5.75 Å². The topological polar surface area (TPSA) is 39.5 Å². The molecule has 1 aliphatic heterocycles. The van der Waals surface area contributed by atoms with Gasteiger partial charge in [-0.2, -0.15) is 5.26 Å². The first-order chi connectivity index (χ1) is 38.1. The standard InChI is InChI=1S/C73H47N3O/c74-46-48-15-14-25-59(39-48)75(60-34-31-51-18-6-9-21-54(51)42-60)61-36-38-67-68(43-61)73(56-32-29-49-16-4-7-19-52(49)40-56,57-33-30-50-17-5-8-20-53(50)41-57)69-45-70(64-27-12-13-28-66(64)72(67)69)76(58-23-2-1-3-24-58)62-35-37-65-63-26-11-10-22-55(63)47-77-71(65)44-62/h1-45H,47H2. The van der Waals surface area contributed by atoms with Crippen molar-refractivity contribution in [1.82, 2.24) is 0 Å². The van der Waals surface area contributed by atoms with Crippen LogP contribution in [0.3, 0.4) is 0 Å². The predicted molar refractivity (Wildman–Crippen MR) is 318 cm³/mol. The zero-order chi connectivity index (χ0) is 51.0. The molecule has 4 heteroatoms. The minimum Gasteiger partial charge on any atom is -0.488 e. The summed E-state index contributed by atoms with van der Waals surface area (Å²) in [4.78, 5) is 4.75. The SMILES string of the molecule is N#Cc1cccc(N(c2ccc3c(c2)C(c2ccc4ccccc4c2)(c2ccc4ccccc4c2)c2cc(N(c4ccccc4)c4ccc5c(c4)OCc4ccccc4-5)c4ccccc4c2-3)c2ccc3ccccc3c2)c1. The lowest BCUT2D eigenvalue weighted by atomic mass is 9.66. The molecule has 0 aromatic heterocycles. The highest BCUT2D eigenvalue weighted by atomic mass is 16.5. The van der Waals surface area contributed by atoms with Crippen molar-refractivity contribution in [3.8, 4) is 34.1 Å². The van der Waals surface area contributed by atoms with Crippen molar-refractivity contribution >= 4 is 77.2 Å². The molecule has 13 aromatic rings. The summed E-state index contributed by atoms with van der Waals surface area (Å²) in [6, 6.07) is 102. The van der Waals surface area contributed by atoms with E-state index in [1.54, 1.807) is 0 Å². The molecular weight excluding hydrogens is 935 g/mol. The van der Waals surface area contributed by atoms with E-state index in [4.69, 9.17) is 4.74 Å². The quantitative estimate of drug-likeness (QED) is 0.152. The largest absolute Gasteiger partial charge is 0.488 e. The molecule has 0 unspecified atom stereocenters. The Morgan fingerprint density at radius 2 is 0.909 bits per heavy atom. The van der Waals surface area contributed by atoms with Gasteiger partial charge in [-0.25, -0.2) is 0 Å². The third kappa shape index (κ3) is 7.06. The first kappa shape index (κ1) is 44.3. The number of rotatable bonds is 8. The van der Waals surface area contributed by atoms with Gasteiger partial charge in [-0.1, -0.05) is 182 Å². The average Bonchev–Trinajstić information content (AvgIpc) is 4.05. The second-order valence-electron chi connectivity index (χ2n) is 20.3. The van der Waals surface area contributed by atoms with Gasteiger partial charge in [0.05, 0.1) is 22.7 Å². The summed E-state index contributed by atoms with van der Waals surface area (Å²) in [7, 11) is 0. The van der Waals surface area contributed by atoms with Crippen LogP contribution < -0.4 is 14.5 Å². The number of benzene rings is 13. The summed E-state index contributed by atoms with van der Waals surface area (Å²) in [5.41, 5.74) is 16.3. The van der Waals surface area contributed by atoms with Crippen LogP contribution in [0.4, 0.5) is 34.1 Å². The van der Waals surface area contributed by atoms with Crippen LogP contribution in [0.15, 0.2) is 273 Å². The van der Waals surface area contributed by atoms with E-state index >= 15 is 0 Å². The molecule has 0 saturated heterocycles. The maximum Gasteiger partial charge on any atom is 0.129 e. The number of para-hydroxylation sites is 1. The minimum atomic E-state index is -0.859. The van der Waals surface area contributed by atoms with Gasteiger partial charge in [-0.05, 0) is 167 Å². The van der Waals surface area contributed by atoms with Crippen LogP contribution in [0.2, 0.25) is 0 Å². The van der Waals surface area contributed by atoms with Gasteiger partial charge < -0.3 is 14.5 Å². The zero-order valence-electron chi connectivity index (χ0n) is 41.9. The number of nitrogens with zero attached hydrogens (tertiary/aromatic N) is 3. The fourth-order valence-electron chi connectivity index (χ4n) is 12.6. The summed E-state index contributed by atoms with van der Waals surface area (Å²) >= 11 is 0. The number of ether oxygens (including phenoxy) is 1. The van der Waals surface area contributed by atoms with Crippen molar-refractivity contribution in [2.45, 2.75) is 12.0 Å². The Bertz CT molecular complexity index is 4490. The molecule has 4 nitrogen and oxygen atoms in total. The molecule has 0 fully saturated rings. The summed E-state index contributed by atoms with van der Waals surface area (Å²) in [5, 5.41) is 19.6. The molecule has 77 heavy (non-hydrogen) atoms. The monoisotopic (exact) mass is 981 g/mol. The molecule has 0 radical (unpaired) electrons. The molecule has 0 atom stereocenters. The Balaban J connectivity index is 1.06. The van der Waals surface area contributed by atoms with Crippen LogP contribution in [0.25, 0.3) is 65.3 Å². The lowest BCUT2D eigenvalue weighted by molar-refractivity contribution is 0.302. The lowest BCUT2D eigenvalue weighted by Gasteiger charge is -2.36. The molecule has 2 aliphatic rings. The van der Waals surface area contributed by atoms with Crippen molar-refractivity contribution in [1.29, 1.82) is 5.26 Å². The van der Waals surface area contributed by atoms with Crippen molar-refractivity contribution in [3.05, 3.63) is 306 Å². The molecular formula is C73H47N3O. The summed E-state index contributed by atoms with van der Waals surface area (Å²) < 4.78 is 6.62. The Hall–Kier alpha value is -10.2. The third-order valence-corrected chi connectivity index (χ3v) is 16.1. The van der Waals surface area contributed by atoms with E-state index in [0.717, 1.165) is 61.6 Å². The fourth-order valence-corrected chi connectivity index (χ4v) is 12.6. The van der Waals surface area contributed by atoms with Gasteiger partial charge >= 0.3 is 0 Å². The summed E-state index contributed by atoms with van der Waals surface area (Å²) in [5.74, 6) is 0.866. The number of nitriles is 1. The predicted octanol–water partition coefficient (Wildman–Crippen LogP) is 19.0. The molecule has 15 rings (SSSR count). The van der Waals surface area contributed by atoms with Crippen LogP contribution >= 0.6 is 0 Å². The van der Waals surface area contributed by atoms with Crippen molar-refractivity contribution in [2.24, 2.45) is 0 Å². The van der Waals surface area contributed by atoms with Crippen molar-refractivity contribution in [3.63, 3.8) is 0 Å². The zero-order valence-corrected chi connectivity index (χ0v) is 41.9. The molecule has 0 N–H and O–H groups in total. The van der Waals surface area contributed by atoms with Gasteiger partial charge in [0.1, 0.15) is 12.4 Å². The minimum absolute atomic E-state index is 0.516. The summed E-state index contributed by atoms with van der Waals surface area (Å²) in [6.07, 6.45) is 0. The third-order valence-electron chi connectivity index (χ3n) is 16.1. The Kier molecular flexibility index (Phi) is 10.2. The van der Waals surface area contributed by atoms with Crippen LogP contribution in [0, 0.1) is 11.3 Å². The van der Waals surface area contributed by atoms with Crippen molar-refractivity contribution < 1.29 is 4.74 Å². The molecule has 0 spiro atoms. The van der Waals surface area contributed by atoms with Crippen molar-refractivity contribution in [2.75, 3.05) is 9.80 Å². The second-order valence-corrected chi connectivity index (χ2v) is 20.3. The number of fused-ring (bicyclic) bond motifs is 11. The smallest absolute Gasteiger partial charge is 0.129 e. The van der Waals surface area contributed by atoms with Gasteiger partial charge in [0.25, 0.3) is 0 Å². The molecule has 1 aliphatic carbocycles. The molecule has 0 amide bonds. The van der Waals surface area contributed by atoms with E-state index in [9.17, 15) is 5.26 Å². The van der Waals surface area contributed by atoms with Crippen LogP contribution in [-0.2, 0) is 12.0 Å². The maximum absolute atomic E-state index is 10.3. The van der Waals surface area contributed by atoms with E-state index in [2.05, 4.69) is 271 Å². The molecule has 0 saturated carbocycles. The van der Waals surface area contributed by atoms with Gasteiger partial charge in [-0.3, -0.25) is 0 Å². The van der Waals surface area contributed by atoms with E-state index in [-0.39, 0.29) is 0 Å². The highest BCUT2D eigenvalue weighted by Crippen LogP contribution is 2.61. The van der Waals surface area contributed by atoms with Crippen LogP contribution in [0.1, 0.15) is 33.4 Å². The van der Waals surface area contributed by atoms with Gasteiger partial charge in [0, 0.05) is 45.5 Å². The maximum atomic E-state index is 10.3. The fraction of sp³-hybridized carbons (Fsp3) is 0.0274. The normalized spacial score (nSPS) is 12.8. The number of hydrogen-bond acceptors (Lipinski definition) is 4. The Labute approximate surface area is 447 Å². The average molecular weight is 982 g/mol. The molecule has 13 aromatic carbocycles. The highest BCUT2D eigenvalue weighted by Gasteiger charge is 2.48. The first-order valence-electron chi connectivity index (χ1n) is 26.3. The number of hydrogen-bond donors (Lipinski definition) is 0.